The minimum absolute atomic E-state index is 0.0103. The maximum absolute atomic E-state index is 12.8. The van der Waals surface area contributed by atoms with Crippen LogP contribution in [0.4, 0.5) is 0 Å². The molecule has 0 atom stereocenters. The summed E-state index contributed by atoms with van der Waals surface area (Å²) in [4.78, 5) is 17.4. The number of hydrogen-bond donors (Lipinski definition) is 0. The molecule has 4 aromatic rings. The molecule has 0 bridgehead atoms. The largest absolute Gasteiger partial charge is 0.294 e. The van der Waals surface area contributed by atoms with Crippen molar-refractivity contribution in [3.8, 4) is 11.1 Å². The first kappa shape index (κ1) is 16.1. The molecule has 0 saturated heterocycles. The topological polar surface area (TPSA) is 34.9 Å². The number of nitrogens with zero attached hydrogens (tertiary/aromatic N) is 2. The van der Waals surface area contributed by atoms with Gasteiger partial charge in [-0.25, -0.2) is 4.98 Å². The molecule has 0 spiro atoms. The predicted octanol–water partition coefficient (Wildman–Crippen LogP) is 5.14. The van der Waals surface area contributed by atoms with Gasteiger partial charge in [-0.15, -0.1) is 11.3 Å². The maximum Gasteiger partial charge on any atom is 0.271 e. The van der Waals surface area contributed by atoms with Crippen molar-refractivity contribution in [2.45, 2.75) is 13.5 Å². The van der Waals surface area contributed by atoms with Gasteiger partial charge in [0.25, 0.3) is 5.56 Å². The Labute approximate surface area is 154 Å². The van der Waals surface area contributed by atoms with Crippen LogP contribution in [0.3, 0.4) is 0 Å². The summed E-state index contributed by atoms with van der Waals surface area (Å²) >= 11 is 7.52. The highest BCUT2D eigenvalue weighted by Gasteiger charge is 2.13. The molecule has 0 fully saturated rings. The smallest absolute Gasteiger partial charge is 0.271 e. The van der Waals surface area contributed by atoms with Crippen LogP contribution in [0.5, 0.6) is 0 Å². The first-order valence-electron chi connectivity index (χ1n) is 7.90. The molecular weight excluding hydrogens is 352 g/mol. The Bertz CT molecular complexity index is 1110. The van der Waals surface area contributed by atoms with Crippen LogP contribution >= 0.6 is 22.9 Å². The molecule has 2 aromatic heterocycles. The zero-order valence-electron chi connectivity index (χ0n) is 13.6. The number of benzene rings is 2. The summed E-state index contributed by atoms with van der Waals surface area (Å²) in [5.74, 6) is 0. The van der Waals surface area contributed by atoms with Crippen LogP contribution in [0.1, 0.15) is 11.1 Å². The highest BCUT2D eigenvalue weighted by Crippen LogP contribution is 2.31. The highest BCUT2D eigenvalue weighted by molar-refractivity contribution is 7.17. The monoisotopic (exact) mass is 366 g/mol. The Morgan fingerprint density at radius 1 is 1.16 bits per heavy atom. The van der Waals surface area contributed by atoms with Gasteiger partial charge in [-0.05, 0) is 30.2 Å². The standard InChI is InChI=1S/C20H15ClN2OS/c1-13-5-7-14(8-6-13)10-23-12-22-18-17(11-25-19(18)20(23)24)15-3-2-4-16(21)9-15/h2-9,11-12H,10H2,1H3. The van der Waals surface area contributed by atoms with E-state index >= 15 is 0 Å². The van der Waals surface area contributed by atoms with Gasteiger partial charge in [0.15, 0.2) is 0 Å². The molecular formula is C20H15ClN2OS. The number of thiophene rings is 1. The lowest BCUT2D eigenvalue weighted by molar-refractivity contribution is 0.750. The maximum atomic E-state index is 12.8. The summed E-state index contributed by atoms with van der Waals surface area (Å²) in [7, 11) is 0. The number of halogens is 1. The van der Waals surface area contributed by atoms with E-state index in [4.69, 9.17) is 11.6 Å². The van der Waals surface area contributed by atoms with Crippen LogP contribution < -0.4 is 5.56 Å². The second-order valence-corrected chi connectivity index (χ2v) is 7.32. The minimum Gasteiger partial charge on any atom is -0.294 e. The van der Waals surface area contributed by atoms with Crippen molar-refractivity contribution in [1.29, 1.82) is 0 Å². The predicted molar refractivity (Wildman–Crippen MR) is 105 cm³/mol. The Morgan fingerprint density at radius 2 is 1.96 bits per heavy atom. The highest BCUT2D eigenvalue weighted by atomic mass is 35.5. The van der Waals surface area contributed by atoms with Crippen molar-refractivity contribution in [3.05, 3.63) is 86.7 Å². The van der Waals surface area contributed by atoms with E-state index in [-0.39, 0.29) is 5.56 Å². The van der Waals surface area contributed by atoms with Crippen LogP contribution in [-0.4, -0.2) is 9.55 Å². The third kappa shape index (κ3) is 3.11. The Morgan fingerprint density at radius 3 is 2.72 bits per heavy atom. The van der Waals surface area contributed by atoms with Crippen LogP contribution in [0.2, 0.25) is 5.02 Å². The number of rotatable bonds is 3. The quantitative estimate of drug-likeness (QED) is 0.503. The number of aromatic nitrogens is 2. The van der Waals surface area contributed by atoms with Crippen molar-refractivity contribution in [3.63, 3.8) is 0 Å². The zero-order valence-corrected chi connectivity index (χ0v) is 15.1. The van der Waals surface area contributed by atoms with E-state index in [0.717, 1.165) is 22.2 Å². The van der Waals surface area contributed by atoms with Gasteiger partial charge in [0.1, 0.15) is 4.70 Å². The molecule has 2 aromatic carbocycles. The van der Waals surface area contributed by atoms with Crippen molar-refractivity contribution >= 4 is 33.2 Å². The van der Waals surface area contributed by atoms with Gasteiger partial charge < -0.3 is 0 Å². The average molecular weight is 367 g/mol. The van der Waals surface area contributed by atoms with Gasteiger partial charge in [-0.3, -0.25) is 9.36 Å². The molecule has 124 valence electrons. The van der Waals surface area contributed by atoms with Gasteiger partial charge in [0, 0.05) is 16.0 Å². The van der Waals surface area contributed by atoms with Gasteiger partial charge in [-0.2, -0.15) is 0 Å². The van der Waals surface area contributed by atoms with Gasteiger partial charge in [-0.1, -0.05) is 53.6 Å². The van der Waals surface area contributed by atoms with Crippen LogP contribution in [-0.2, 0) is 6.54 Å². The molecule has 2 heterocycles. The zero-order chi connectivity index (χ0) is 17.4. The van der Waals surface area contributed by atoms with Crippen molar-refractivity contribution < 1.29 is 0 Å². The molecule has 5 heteroatoms. The molecule has 4 rings (SSSR count). The molecule has 0 radical (unpaired) electrons. The fourth-order valence-electron chi connectivity index (χ4n) is 2.81. The molecule has 0 aliphatic heterocycles. The van der Waals surface area contributed by atoms with Gasteiger partial charge >= 0.3 is 0 Å². The molecule has 0 saturated carbocycles. The summed E-state index contributed by atoms with van der Waals surface area (Å²) < 4.78 is 2.33. The van der Waals surface area contributed by atoms with E-state index in [2.05, 4.69) is 17.1 Å². The number of aryl methyl sites for hydroxylation is 1. The van der Waals surface area contributed by atoms with Gasteiger partial charge in [0.2, 0.25) is 0 Å². The fraction of sp³-hybridized carbons (Fsp3) is 0.100. The molecule has 25 heavy (non-hydrogen) atoms. The SMILES string of the molecule is Cc1ccc(Cn2cnc3c(-c4cccc(Cl)c4)csc3c2=O)cc1. The summed E-state index contributed by atoms with van der Waals surface area (Å²) in [6, 6.07) is 15.8. The summed E-state index contributed by atoms with van der Waals surface area (Å²) in [6.45, 7) is 2.57. The summed E-state index contributed by atoms with van der Waals surface area (Å²) in [5, 5.41) is 2.64. The third-order valence-electron chi connectivity index (χ3n) is 4.16. The van der Waals surface area contributed by atoms with Crippen LogP contribution in [0, 0.1) is 6.92 Å². The fourth-order valence-corrected chi connectivity index (χ4v) is 3.97. The Kier molecular flexibility index (Phi) is 4.15. The molecule has 0 aliphatic carbocycles. The molecule has 0 aliphatic rings. The normalized spacial score (nSPS) is 11.1. The first-order chi connectivity index (χ1) is 12.1. The lowest BCUT2D eigenvalue weighted by Gasteiger charge is -2.06. The lowest BCUT2D eigenvalue weighted by atomic mass is 10.1. The Balaban J connectivity index is 1.77. The van der Waals surface area contributed by atoms with E-state index in [1.807, 2.05) is 48.7 Å². The minimum atomic E-state index is -0.0103. The van der Waals surface area contributed by atoms with Crippen molar-refractivity contribution in [1.82, 2.24) is 9.55 Å². The number of hydrogen-bond acceptors (Lipinski definition) is 3. The second-order valence-electron chi connectivity index (χ2n) is 6.00. The molecule has 0 unspecified atom stereocenters. The van der Waals surface area contributed by atoms with Crippen LogP contribution in [0.25, 0.3) is 21.3 Å². The first-order valence-corrected chi connectivity index (χ1v) is 9.16. The Hall–Kier alpha value is -2.43. The van der Waals surface area contributed by atoms with Gasteiger partial charge in [0.05, 0.1) is 18.4 Å². The summed E-state index contributed by atoms with van der Waals surface area (Å²) in [6.07, 6.45) is 1.63. The van der Waals surface area contributed by atoms with Crippen LogP contribution in [0.15, 0.2) is 65.0 Å². The van der Waals surface area contributed by atoms with E-state index in [9.17, 15) is 4.79 Å². The molecule has 0 amide bonds. The van der Waals surface area contributed by atoms with E-state index < -0.39 is 0 Å². The average Bonchev–Trinajstić information content (AvgIpc) is 3.04. The van der Waals surface area contributed by atoms with Crippen molar-refractivity contribution in [2.24, 2.45) is 0 Å². The number of fused-ring (bicyclic) bond motifs is 1. The second kappa shape index (κ2) is 6.47. The van der Waals surface area contributed by atoms with E-state index in [0.29, 0.717) is 16.3 Å². The third-order valence-corrected chi connectivity index (χ3v) is 5.35. The molecule has 3 nitrogen and oxygen atoms in total. The molecule has 0 N–H and O–H groups in total. The van der Waals surface area contributed by atoms with E-state index in [1.54, 1.807) is 10.9 Å². The summed E-state index contributed by atoms with van der Waals surface area (Å²) in [5.41, 5.74) is 4.93. The van der Waals surface area contributed by atoms with Crippen molar-refractivity contribution in [2.75, 3.05) is 0 Å². The lowest BCUT2D eigenvalue weighted by Crippen LogP contribution is -2.20. The van der Waals surface area contributed by atoms with E-state index in [1.165, 1.54) is 16.9 Å².